The molecule has 0 nitrogen and oxygen atoms in total. The van der Waals surface area contributed by atoms with Gasteiger partial charge in [0.15, 0.2) is 23.3 Å². The number of alkyl halides is 3. The monoisotopic (exact) mass is 350 g/mol. The Labute approximate surface area is 133 Å². The van der Waals surface area contributed by atoms with Gasteiger partial charge in [-0.05, 0) is 36.1 Å². The molecule has 0 bridgehead atoms. The van der Waals surface area contributed by atoms with E-state index >= 15 is 0 Å². The van der Waals surface area contributed by atoms with Crippen LogP contribution in [0.5, 0.6) is 0 Å². The molecule has 0 unspecified atom stereocenters. The Hall–Kier alpha value is -2.05. The highest BCUT2D eigenvalue weighted by Gasteiger charge is 2.33. The molecule has 24 heavy (non-hydrogen) atoms. The van der Waals surface area contributed by atoms with Crippen molar-refractivity contribution in [2.24, 2.45) is 0 Å². The fourth-order valence-electron chi connectivity index (χ4n) is 2.43. The highest BCUT2D eigenvalue weighted by molar-refractivity contribution is 5.71. The molecular formula is C17H13F7. The van der Waals surface area contributed by atoms with Crippen LogP contribution >= 0.6 is 0 Å². The Morgan fingerprint density at radius 1 is 0.833 bits per heavy atom. The Kier molecular flexibility index (Phi) is 4.65. The topological polar surface area (TPSA) is 0 Å². The average molecular weight is 350 g/mol. The van der Waals surface area contributed by atoms with E-state index in [1.54, 1.807) is 13.8 Å². The van der Waals surface area contributed by atoms with Crippen LogP contribution in [0.2, 0.25) is 0 Å². The van der Waals surface area contributed by atoms with Crippen molar-refractivity contribution in [2.45, 2.75) is 32.9 Å². The van der Waals surface area contributed by atoms with E-state index in [0.717, 1.165) is 19.1 Å². The Morgan fingerprint density at radius 3 is 1.75 bits per heavy atom. The van der Waals surface area contributed by atoms with Crippen LogP contribution in [0.1, 0.15) is 36.5 Å². The predicted molar refractivity (Wildman–Crippen MR) is 75.5 cm³/mol. The van der Waals surface area contributed by atoms with Gasteiger partial charge in [0.1, 0.15) is 0 Å². The number of halogens is 7. The summed E-state index contributed by atoms with van der Waals surface area (Å²) in [6.45, 7) is 4.02. The first-order chi connectivity index (χ1) is 11.0. The standard InChI is InChI=1S/C17H13F7/c1-7(2)10-5-4-9(17(22,23)24)6-11(10)12-15(20)13(18)8(3)14(19)16(12)21/h4-7H,1-3H3. The Balaban J connectivity index is 2.90. The van der Waals surface area contributed by atoms with E-state index in [1.165, 1.54) is 0 Å². The first-order valence-electron chi connectivity index (χ1n) is 7.00. The molecule has 0 aliphatic rings. The zero-order valence-electron chi connectivity index (χ0n) is 13.0. The summed E-state index contributed by atoms with van der Waals surface area (Å²) < 4.78 is 94.7. The van der Waals surface area contributed by atoms with E-state index in [1.807, 2.05) is 0 Å². The maximum Gasteiger partial charge on any atom is 0.416 e. The van der Waals surface area contributed by atoms with Gasteiger partial charge < -0.3 is 0 Å². The molecule has 0 aromatic heterocycles. The van der Waals surface area contributed by atoms with Gasteiger partial charge in [-0.15, -0.1) is 0 Å². The van der Waals surface area contributed by atoms with Gasteiger partial charge >= 0.3 is 6.18 Å². The molecule has 0 spiro atoms. The normalized spacial score (nSPS) is 12.1. The van der Waals surface area contributed by atoms with Crippen molar-refractivity contribution in [3.8, 4) is 11.1 Å². The van der Waals surface area contributed by atoms with Crippen LogP contribution in [0, 0.1) is 30.2 Å². The SMILES string of the molecule is Cc1c(F)c(F)c(-c2cc(C(F)(F)F)ccc2C(C)C)c(F)c1F. The van der Waals surface area contributed by atoms with E-state index < -0.39 is 57.6 Å². The third-order valence-corrected chi connectivity index (χ3v) is 3.75. The minimum atomic E-state index is -4.76. The van der Waals surface area contributed by atoms with Gasteiger partial charge in [0.05, 0.1) is 11.1 Å². The smallest absolute Gasteiger partial charge is 0.203 e. The summed E-state index contributed by atoms with van der Waals surface area (Å²) >= 11 is 0. The van der Waals surface area contributed by atoms with Crippen molar-refractivity contribution < 1.29 is 30.7 Å². The molecule has 130 valence electrons. The first kappa shape index (κ1) is 18.3. The van der Waals surface area contributed by atoms with E-state index in [2.05, 4.69) is 0 Å². The third-order valence-electron chi connectivity index (χ3n) is 3.75. The third kappa shape index (κ3) is 2.99. The molecule has 0 amide bonds. The molecule has 2 aromatic rings. The van der Waals surface area contributed by atoms with Crippen LogP contribution < -0.4 is 0 Å². The number of hydrogen-bond donors (Lipinski definition) is 0. The lowest BCUT2D eigenvalue weighted by Crippen LogP contribution is -2.09. The second-order valence-corrected chi connectivity index (χ2v) is 5.71. The van der Waals surface area contributed by atoms with Crippen LogP contribution in [0.15, 0.2) is 18.2 Å². The molecule has 0 radical (unpaired) electrons. The van der Waals surface area contributed by atoms with Crippen molar-refractivity contribution in [1.82, 2.24) is 0 Å². The molecule has 0 saturated carbocycles. The van der Waals surface area contributed by atoms with Gasteiger partial charge in [-0.2, -0.15) is 13.2 Å². The van der Waals surface area contributed by atoms with Gasteiger partial charge in [-0.25, -0.2) is 17.6 Å². The van der Waals surface area contributed by atoms with Gasteiger partial charge in [-0.1, -0.05) is 19.9 Å². The van der Waals surface area contributed by atoms with Crippen LogP contribution in [0.25, 0.3) is 11.1 Å². The van der Waals surface area contributed by atoms with Crippen molar-refractivity contribution >= 4 is 0 Å². The number of hydrogen-bond acceptors (Lipinski definition) is 0. The Bertz CT molecular complexity index is 759. The highest BCUT2D eigenvalue weighted by Crippen LogP contribution is 2.39. The van der Waals surface area contributed by atoms with Gasteiger partial charge in [0.25, 0.3) is 0 Å². The highest BCUT2D eigenvalue weighted by atomic mass is 19.4. The maximum atomic E-state index is 14.2. The molecule has 0 N–H and O–H groups in total. The summed E-state index contributed by atoms with van der Waals surface area (Å²) in [5.41, 5.74) is -3.55. The lowest BCUT2D eigenvalue weighted by atomic mass is 9.89. The predicted octanol–water partition coefficient (Wildman–Crippen LogP) is 6.36. The van der Waals surface area contributed by atoms with Crippen LogP contribution in [0.3, 0.4) is 0 Å². The molecular weight excluding hydrogens is 337 g/mol. The second-order valence-electron chi connectivity index (χ2n) is 5.71. The fourth-order valence-corrected chi connectivity index (χ4v) is 2.43. The lowest BCUT2D eigenvalue weighted by molar-refractivity contribution is -0.137. The number of benzene rings is 2. The minimum absolute atomic E-state index is 0.142. The molecule has 7 heteroatoms. The van der Waals surface area contributed by atoms with Crippen LogP contribution in [-0.4, -0.2) is 0 Å². The minimum Gasteiger partial charge on any atom is -0.203 e. The quantitative estimate of drug-likeness (QED) is 0.437. The molecule has 2 aromatic carbocycles. The summed E-state index contributed by atoms with van der Waals surface area (Å²) in [7, 11) is 0. The summed E-state index contributed by atoms with van der Waals surface area (Å²) in [6.07, 6.45) is -4.76. The summed E-state index contributed by atoms with van der Waals surface area (Å²) in [5.74, 6) is -7.11. The van der Waals surface area contributed by atoms with Gasteiger partial charge in [0, 0.05) is 5.56 Å². The first-order valence-corrected chi connectivity index (χ1v) is 7.00. The molecule has 0 aliphatic carbocycles. The van der Waals surface area contributed by atoms with Crippen LogP contribution in [-0.2, 0) is 6.18 Å². The summed E-state index contributed by atoms with van der Waals surface area (Å²) in [4.78, 5) is 0. The molecule has 0 aliphatic heterocycles. The molecule has 2 rings (SSSR count). The largest absolute Gasteiger partial charge is 0.416 e. The van der Waals surface area contributed by atoms with Crippen molar-refractivity contribution in [2.75, 3.05) is 0 Å². The van der Waals surface area contributed by atoms with E-state index in [0.29, 0.717) is 6.07 Å². The Morgan fingerprint density at radius 2 is 1.33 bits per heavy atom. The van der Waals surface area contributed by atoms with E-state index in [9.17, 15) is 30.7 Å². The van der Waals surface area contributed by atoms with Crippen molar-refractivity contribution in [3.05, 3.63) is 58.2 Å². The zero-order chi connectivity index (χ0) is 18.4. The molecule has 0 atom stereocenters. The molecule has 0 fully saturated rings. The van der Waals surface area contributed by atoms with Gasteiger partial charge in [0.2, 0.25) is 0 Å². The van der Waals surface area contributed by atoms with Crippen molar-refractivity contribution in [1.29, 1.82) is 0 Å². The zero-order valence-corrected chi connectivity index (χ0v) is 13.0. The average Bonchev–Trinajstić information content (AvgIpc) is 2.50. The van der Waals surface area contributed by atoms with E-state index in [4.69, 9.17) is 0 Å². The van der Waals surface area contributed by atoms with Crippen molar-refractivity contribution in [3.63, 3.8) is 0 Å². The summed E-state index contributed by atoms with van der Waals surface area (Å²) in [6, 6.07) is 2.32. The van der Waals surface area contributed by atoms with Gasteiger partial charge in [-0.3, -0.25) is 0 Å². The maximum absolute atomic E-state index is 14.2. The second kappa shape index (κ2) is 6.11. The molecule has 0 heterocycles. The molecule has 0 saturated heterocycles. The fraction of sp³-hybridized carbons (Fsp3) is 0.294. The number of rotatable bonds is 2. The van der Waals surface area contributed by atoms with Crippen LogP contribution in [0.4, 0.5) is 30.7 Å². The van der Waals surface area contributed by atoms with E-state index in [-0.39, 0.29) is 5.56 Å². The lowest BCUT2D eigenvalue weighted by Gasteiger charge is -2.18. The summed E-state index contributed by atoms with van der Waals surface area (Å²) in [5, 5.41) is 0.